The van der Waals surface area contributed by atoms with Crippen molar-refractivity contribution in [1.29, 1.82) is 0 Å². The summed E-state index contributed by atoms with van der Waals surface area (Å²) >= 11 is 0. The van der Waals surface area contributed by atoms with Gasteiger partial charge in [0.2, 0.25) is 11.8 Å². The molecule has 5 aliphatic rings. The molecule has 22 N–H and O–H groups in total. The summed E-state index contributed by atoms with van der Waals surface area (Å²) < 4.78 is 58.2. The Balaban J connectivity index is 1.28. The number of rotatable bonds is 56. The smallest absolute Gasteiger partial charge is 0.364 e. The van der Waals surface area contributed by atoms with Crippen molar-refractivity contribution in [2.24, 2.45) is 0 Å². The summed E-state index contributed by atoms with van der Waals surface area (Å²) in [6.45, 7) is -0.929. The summed E-state index contributed by atoms with van der Waals surface area (Å²) in [4.78, 5) is 40.5. The quantitative estimate of drug-likeness (QED) is 0.0297. The van der Waals surface area contributed by atoms with Crippen LogP contribution in [0.4, 0.5) is 0 Å². The van der Waals surface area contributed by atoms with Crippen molar-refractivity contribution in [3.05, 3.63) is 0 Å². The van der Waals surface area contributed by atoms with E-state index >= 15 is 0 Å². The van der Waals surface area contributed by atoms with E-state index in [0.717, 1.165) is 84.0 Å². The number of carboxylic acids is 1. The Hall–Kier alpha value is -2.75. The molecule has 5 aliphatic heterocycles. The Bertz CT molecular complexity index is 2460. The van der Waals surface area contributed by atoms with Crippen LogP contribution in [0, 0.1) is 0 Å². The standard InChI is InChI=1S/C74H136N2O33/c1-4-6-8-10-12-14-16-17-18-19-20-21-22-23-24-26-28-30-32-34-45(84)68(97)76-43(53(87)44(83)33-31-29-27-25-15-13-11-9-7-5-2)41-100-69-59(93)58(92)64(51(40-81)104-69)106-72-62(96)67(56(90)50(39-80)103-72)109-74(73(98)99)35-48(52(75-42(3)82)65(108-74)54(88)46(85)36-77)101-71-61(95)66(55(89)49(38-79)102-71)107-70-60(94)57(91)63(105-70)47(86)37-78/h43-67,69-72,77-81,83-96H,4-41H2,1-3H3,(H,75,82)(H,76,97)(H,98,99)/t43-,44+,45+,46?,47?,48?,49?,50?,51?,52+,53-,54?,55-,56-,57?,58?,59?,60?,61?,62?,63-,64+,65?,66?,67?,69+,70-,71+,72-,74-/m0/s1. The number of aliphatic hydroxyl groups is 19. The Morgan fingerprint density at radius 2 is 0.890 bits per heavy atom. The lowest BCUT2D eigenvalue weighted by molar-refractivity contribution is -0.393. The lowest BCUT2D eigenvalue weighted by Gasteiger charge is -2.52. The van der Waals surface area contributed by atoms with Gasteiger partial charge in [-0.05, 0) is 12.8 Å². The van der Waals surface area contributed by atoms with Crippen molar-refractivity contribution >= 4 is 17.8 Å². The lowest BCUT2D eigenvalue weighted by atomic mass is 9.87. The third-order valence-corrected chi connectivity index (χ3v) is 21.5. The molecule has 5 fully saturated rings. The summed E-state index contributed by atoms with van der Waals surface area (Å²) in [5, 5.41) is 226. The average Bonchev–Trinajstić information content (AvgIpc) is 1.19. The molecule has 5 heterocycles. The number of carboxylic acid groups (broad SMARTS) is 1. The molecule has 0 aromatic carbocycles. The number of nitrogens with one attached hydrogen (secondary N) is 2. The van der Waals surface area contributed by atoms with Crippen LogP contribution in [-0.4, -0.2) is 343 Å². The van der Waals surface area contributed by atoms with Gasteiger partial charge in [-0.15, -0.1) is 0 Å². The fraction of sp³-hybridized carbons (Fsp3) is 0.959. The normalized spacial score (nSPS) is 34.3. The molecule has 0 aliphatic carbocycles. The van der Waals surface area contributed by atoms with E-state index in [1.54, 1.807) is 0 Å². The van der Waals surface area contributed by atoms with Gasteiger partial charge in [0.1, 0.15) is 128 Å². The first-order valence-corrected chi connectivity index (χ1v) is 40.1. The van der Waals surface area contributed by atoms with Gasteiger partial charge in [0.15, 0.2) is 25.2 Å². The summed E-state index contributed by atoms with van der Waals surface area (Å²) in [5.74, 6) is -7.46. The van der Waals surface area contributed by atoms with Gasteiger partial charge in [0.05, 0.1) is 63.9 Å². The highest BCUT2D eigenvalue weighted by Crippen LogP contribution is 2.42. The number of carbonyl (C=O) groups excluding carboxylic acids is 2. The van der Waals surface area contributed by atoms with Gasteiger partial charge in [-0.2, -0.15) is 0 Å². The Morgan fingerprint density at radius 1 is 0.459 bits per heavy atom. The van der Waals surface area contributed by atoms with Gasteiger partial charge in [0, 0.05) is 13.3 Å². The topological polar surface area (TPSA) is 572 Å². The highest BCUT2D eigenvalue weighted by molar-refractivity contribution is 5.80. The Morgan fingerprint density at radius 3 is 1.36 bits per heavy atom. The van der Waals surface area contributed by atoms with Crippen LogP contribution < -0.4 is 10.6 Å². The molecule has 0 saturated carbocycles. The van der Waals surface area contributed by atoms with Crippen LogP contribution in [0.1, 0.15) is 226 Å². The maximum absolute atomic E-state index is 13.9. The number of hydrogen-bond donors (Lipinski definition) is 22. The minimum Gasteiger partial charge on any atom is -0.477 e. The monoisotopic (exact) mass is 1580 g/mol. The molecular formula is C74H136N2O33. The highest BCUT2D eigenvalue weighted by Gasteiger charge is 2.62. The van der Waals surface area contributed by atoms with Crippen LogP contribution in [0.2, 0.25) is 0 Å². The van der Waals surface area contributed by atoms with Gasteiger partial charge >= 0.3 is 5.97 Å². The molecule has 0 radical (unpaired) electrons. The van der Waals surface area contributed by atoms with Gasteiger partial charge in [-0.3, -0.25) is 9.59 Å². The molecule has 0 bridgehead atoms. The number of unbranched alkanes of at least 4 members (excludes halogenated alkanes) is 27. The zero-order valence-electron chi connectivity index (χ0n) is 63.9. The van der Waals surface area contributed by atoms with E-state index in [9.17, 15) is 117 Å². The third kappa shape index (κ3) is 29.7. The minimum absolute atomic E-state index is 0.0870. The van der Waals surface area contributed by atoms with E-state index in [4.69, 9.17) is 47.4 Å². The highest BCUT2D eigenvalue weighted by atomic mass is 16.8. The molecule has 16 unspecified atom stereocenters. The molecule has 109 heavy (non-hydrogen) atoms. The van der Waals surface area contributed by atoms with Crippen molar-refractivity contribution < 1.29 is 164 Å². The molecule has 5 saturated heterocycles. The van der Waals surface area contributed by atoms with E-state index in [1.807, 2.05) is 0 Å². The van der Waals surface area contributed by atoms with Crippen molar-refractivity contribution in [3.8, 4) is 0 Å². The van der Waals surface area contributed by atoms with E-state index in [2.05, 4.69) is 24.5 Å². The molecule has 35 nitrogen and oxygen atoms in total. The molecule has 640 valence electrons. The van der Waals surface area contributed by atoms with Crippen LogP contribution in [-0.2, 0) is 61.8 Å². The number of aliphatic hydroxyl groups excluding tert-OH is 19. The average molecular weight is 1580 g/mol. The second-order valence-corrected chi connectivity index (χ2v) is 30.2. The minimum atomic E-state index is -3.43. The van der Waals surface area contributed by atoms with E-state index < -0.39 is 247 Å². The predicted octanol–water partition coefficient (Wildman–Crippen LogP) is -1.85. The molecule has 5 rings (SSSR count). The van der Waals surface area contributed by atoms with E-state index in [1.165, 1.54) is 96.3 Å². The molecule has 2 amide bonds. The Labute approximate surface area is 639 Å². The first-order valence-electron chi connectivity index (χ1n) is 40.1. The molecular weight excluding hydrogens is 1440 g/mol. The molecule has 35 heteroatoms. The SMILES string of the molecule is CCCCCCCCCCCCCCCCCCCCC[C@@H](O)C(=O)N[C@@H](CO[C@@H]1OC(CO)[C@@H](O[C@@H]2OC(CO)[C@H](O)C(O[C@]3(C(=O)O)CC(O[C@@H]4OC(CO)[C@H](O)C(O[C@@H]5O[C@@H](C(O)CO)C(O)C5O)C4O)[C@@H](NC(C)=O)C(C(O)C(O)CO)O3)C2O)C(O)C1O)[C@H](O)[C@H](O)CCCCCCCCCCCC. The second-order valence-electron chi connectivity index (χ2n) is 30.2. The van der Waals surface area contributed by atoms with E-state index in [-0.39, 0.29) is 12.8 Å². The fourth-order valence-electron chi connectivity index (χ4n) is 14.8. The number of hydrogen-bond acceptors (Lipinski definition) is 32. The van der Waals surface area contributed by atoms with Crippen LogP contribution in [0.3, 0.4) is 0 Å². The molecule has 0 spiro atoms. The van der Waals surface area contributed by atoms with Crippen LogP contribution in [0.15, 0.2) is 0 Å². The number of aliphatic carboxylic acids is 1. The first kappa shape index (κ1) is 96.8. The number of ether oxygens (including phenoxy) is 10. The van der Waals surface area contributed by atoms with Gasteiger partial charge < -0.3 is 160 Å². The zero-order valence-corrected chi connectivity index (χ0v) is 63.9. The molecule has 0 aromatic rings. The van der Waals surface area contributed by atoms with Crippen molar-refractivity contribution in [1.82, 2.24) is 10.6 Å². The van der Waals surface area contributed by atoms with Crippen molar-refractivity contribution in [3.63, 3.8) is 0 Å². The van der Waals surface area contributed by atoms with Crippen LogP contribution >= 0.6 is 0 Å². The molecule has 0 aromatic heterocycles. The molecule has 30 atom stereocenters. The number of carbonyl (C=O) groups is 3. The van der Waals surface area contributed by atoms with Crippen LogP contribution in [0.5, 0.6) is 0 Å². The second kappa shape index (κ2) is 51.4. The summed E-state index contributed by atoms with van der Waals surface area (Å²) in [6.07, 6.45) is -23.8. The first-order chi connectivity index (χ1) is 52.2. The van der Waals surface area contributed by atoms with Gasteiger partial charge in [0.25, 0.3) is 5.79 Å². The van der Waals surface area contributed by atoms with Crippen molar-refractivity contribution in [2.45, 2.75) is 410 Å². The largest absolute Gasteiger partial charge is 0.477 e. The summed E-state index contributed by atoms with van der Waals surface area (Å²) in [7, 11) is 0. The van der Waals surface area contributed by atoms with Crippen LogP contribution in [0.25, 0.3) is 0 Å². The maximum atomic E-state index is 13.9. The summed E-state index contributed by atoms with van der Waals surface area (Å²) in [5.41, 5.74) is 0. The predicted molar refractivity (Wildman–Crippen MR) is 383 cm³/mol. The van der Waals surface area contributed by atoms with Gasteiger partial charge in [-0.25, -0.2) is 4.79 Å². The van der Waals surface area contributed by atoms with E-state index in [0.29, 0.717) is 12.8 Å². The Kier molecular flexibility index (Phi) is 45.6. The van der Waals surface area contributed by atoms with Gasteiger partial charge in [-0.1, -0.05) is 200 Å². The fourth-order valence-corrected chi connectivity index (χ4v) is 14.8. The third-order valence-electron chi connectivity index (χ3n) is 21.5. The number of amides is 2. The lowest BCUT2D eigenvalue weighted by Crippen LogP contribution is -2.72. The van der Waals surface area contributed by atoms with Crippen molar-refractivity contribution in [2.75, 3.05) is 39.6 Å². The zero-order chi connectivity index (χ0) is 80.3. The maximum Gasteiger partial charge on any atom is 0.364 e. The summed E-state index contributed by atoms with van der Waals surface area (Å²) in [6, 6.07) is -3.37.